The predicted molar refractivity (Wildman–Crippen MR) is 143 cm³/mol. The first kappa shape index (κ1) is 31.1. The molecule has 0 saturated carbocycles. The van der Waals surface area contributed by atoms with E-state index in [2.05, 4.69) is 22.8 Å². The molecule has 2 atom stereocenters. The third-order valence-electron chi connectivity index (χ3n) is 7.21. The number of nitriles is 6. The van der Waals surface area contributed by atoms with Crippen LogP contribution in [0.25, 0.3) is 0 Å². The first-order valence-corrected chi connectivity index (χ1v) is 13.1. The van der Waals surface area contributed by atoms with E-state index < -0.39 is 0 Å². The number of hydrogen-bond donors (Lipinski definition) is 2. The number of ketones is 2. The molecule has 0 amide bonds. The van der Waals surface area contributed by atoms with E-state index in [1.165, 1.54) is 13.8 Å². The molecule has 0 aliphatic heterocycles. The first-order chi connectivity index (χ1) is 19.3. The van der Waals surface area contributed by atoms with Crippen molar-refractivity contribution in [1.82, 2.24) is 10.6 Å². The highest BCUT2D eigenvalue weighted by atomic mass is 16.1. The summed E-state index contributed by atoms with van der Waals surface area (Å²) < 4.78 is 0. The maximum absolute atomic E-state index is 12.1. The molecule has 2 aliphatic rings. The smallest absolute Gasteiger partial charge is 0.134 e. The summed E-state index contributed by atoms with van der Waals surface area (Å²) in [6, 6.07) is 11.5. The van der Waals surface area contributed by atoms with Gasteiger partial charge in [0.15, 0.2) is 0 Å². The summed E-state index contributed by atoms with van der Waals surface area (Å²) in [6.07, 6.45) is 4.44. The lowest BCUT2D eigenvalue weighted by atomic mass is 9.80. The van der Waals surface area contributed by atoms with Crippen molar-refractivity contribution in [3.63, 3.8) is 0 Å². The van der Waals surface area contributed by atoms with Gasteiger partial charge < -0.3 is 10.6 Å². The molecular weight excluding hydrogens is 504 g/mol. The molecule has 0 aromatic rings. The van der Waals surface area contributed by atoms with E-state index in [4.69, 9.17) is 0 Å². The third kappa shape index (κ3) is 7.68. The molecule has 10 nitrogen and oxygen atoms in total. The molecule has 0 heterocycles. The second-order valence-electron chi connectivity index (χ2n) is 9.78. The number of allylic oxidation sites excluding steroid dienone is 8. The van der Waals surface area contributed by atoms with Crippen molar-refractivity contribution in [1.29, 1.82) is 31.6 Å². The van der Waals surface area contributed by atoms with Gasteiger partial charge in [-0.25, -0.2) is 0 Å². The summed E-state index contributed by atoms with van der Waals surface area (Å²) in [6.45, 7) is 4.05. The first-order valence-electron chi connectivity index (χ1n) is 13.1. The molecule has 0 aromatic carbocycles. The number of carbonyl (C=O) groups excluding carboxylic acids is 2. The van der Waals surface area contributed by atoms with Crippen molar-refractivity contribution in [2.75, 3.05) is 13.1 Å². The standard InChI is InChI=1S/C30H30N8O2/c1-19(39)21-9-25(23(13-31)14-32)27(17-35)29(11-21)37-7-5-3-4-6-8-38-30-12-22(20(2)40)10-26(28(30)18-36)24(15-33)16-34/h21-22,37-38H,3-12H2,1-2H3. The van der Waals surface area contributed by atoms with E-state index in [0.717, 1.165) is 25.7 Å². The summed E-state index contributed by atoms with van der Waals surface area (Å²) in [5.41, 5.74) is 2.06. The van der Waals surface area contributed by atoms with Crippen LogP contribution in [0.5, 0.6) is 0 Å². The fourth-order valence-electron chi connectivity index (χ4n) is 4.92. The Hall–Kier alpha value is -5.16. The second-order valence-corrected chi connectivity index (χ2v) is 9.78. The number of nitrogens with zero attached hydrogens (tertiary/aromatic N) is 6. The van der Waals surface area contributed by atoms with Gasteiger partial charge in [0.1, 0.15) is 59.1 Å². The Kier molecular flexibility index (Phi) is 11.9. The van der Waals surface area contributed by atoms with Gasteiger partial charge in [-0.15, -0.1) is 0 Å². The van der Waals surface area contributed by atoms with Crippen LogP contribution in [0.2, 0.25) is 0 Å². The average molecular weight is 535 g/mol. The normalized spacial score (nSPS) is 18.2. The van der Waals surface area contributed by atoms with Gasteiger partial charge in [0.2, 0.25) is 0 Å². The topological polar surface area (TPSA) is 201 Å². The number of nitrogens with one attached hydrogen (secondary N) is 2. The molecule has 0 aromatic heterocycles. The number of rotatable bonds is 11. The lowest BCUT2D eigenvalue weighted by Crippen LogP contribution is -2.27. The van der Waals surface area contributed by atoms with Crippen LogP contribution in [0, 0.1) is 79.8 Å². The zero-order valence-corrected chi connectivity index (χ0v) is 22.7. The molecule has 0 fully saturated rings. The third-order valence-corrected chi connectivity index (χ3v) is 7.21. The Morgan fingerprint density at radius 1 is 0.625 bits per heavy atom. The summed E-state index contributed by atoms with van der Waals surface area (Å²) in [7, 11) is 0. The summed E-state index contributed by atoms with van der Waals surface area (Å²) in [5, 5.41) is 63.0. The summed E-state index contributed by atoms with van der Waals surface area (Å²) >= 11 is 0. The SMILES string of the molecule is CC(=O)C1CC(NCCCCCCNC2=C(C#N)C(=C(C#N)C#N)CC(C(C)=O)C2)=C(C#N)C(=C(C#N)C#N)C1. The van der Waals surface area contributed by atoms with Gasteiger partial charge in [-0.2, -0.15) is 31.6 Å². The Morgan fingerprint density at radius 3 is 1.25 bits per heavy atom. The molecule has 0 spiro atoms. The monoisotopic (exact) mass is 534 g/mol. The number of carbonyl (C=O) groups is 2. The average Bonchev–Trinajstić information content (AvgIpc) is 2.95. The molecule has 2 N–H and O–H groups in total. The maximum atomic E-state index is 12.1. The molecule has 2 rings (SSSR count). The van der Waals surface area contributed by atoms with E-state index in [0.29, 0.717) is 48.5 Å². The van der Waals surface area contributed by atoms with Gasteiger partial charge in [0.05, 0.1) is 11.1 Å². The Labute approximate surface area is 234 Å². The number of unbranched alkanes of at least 4 members (excludes halogenated alkanes) is 3. The summed E-state index contributed by atoms with van der Waals surface area (Å²) in [5.74, 6) is -0.893. The van der Waals surface area contributed by atoms with Crippen molar-refractivity contribution in [3.8, 4) is 36.4 Å². The van der Waals surface area contributed by atoms with Crippen molar-refractivity contribution in [3.05, 3.63) is 44.8 Å². The van der Waals surface area contributed by atoms with Crippen LogP contribution < -0.4 is 10.6 Å². The van der Waals surface area contributed by atoms with E-state index in [1.54, 1.807) is 0 Å². The highest BCUT2D eigenvalue weighted by Gasteiger charge is 2.31. The highest BCUT2D eigenvalue weighted by molar-refractivity contribution is 5.81. The van der Waals surface area contributed by atoms with Crippen molar-refractivity contribution in [2.24, 2.45) is 11.8 Å². The summed E-state index contributed by atoms with van der Waals surface area (Å²) in [4.78, 5) is 24.1. The molecular formula is C30H30N8O2. The van der Waals surface area contributed by atoms with Gasteiger partial charge >= 0.3 is 0 Å². The van der Waals surface area contributed by atoms with Crippen LogP contribution in [0.15, 0.2) is 44.8 Å². The largest absolute Gasteiger partial charge is 0.387 e. The van der Waals surface area contributed by atoms with Crippen LogP contribution in [0.4, 0.5) is 0 Å². The number of hydrogen-bond acceptors (Lipinski definition) is 10. The zero-order chi connectivity index (χ0) is 29.7. The highest BCUT2D eigenvalue weighted by Crippen LogP contribution is 2.36. The molecule has 0 radical (unpaired) electrons. The van der Waals surface area contributed by atoms with Crippen LogP contribution >= 0.6 is 0 Å². The molecule has 2 aliphatic carbocycles. The molecule has 202 valence electrons. The van der Waals surface area contributed by atoms with Gasteiger partial charge in [0.25, 0.3) is 0 Å². The van der Waals surface area contributed by atoms with Crippen LogP contribution in [-0.4, -0.2) is 24.7 Å². The fourth-order valence-corrected chi connectivity index (χ4v) is 4.92. The lowest BCUT2D eigenvalue weighted by molar-refractivity contribution is -0.121. The van der Waals surface area contributed by atoms with Crippen LogP contribution in [0.1, 0.15) is 65.2 Å². The minimum absolute atomic E-state index is 0.0575. The van der Waals surface area contributed by atoms with Crippen LogP contribution in [-0.2, 0) is 9.59 Å². The van der Waals surface area contributed by atoms with E-state index >= 15 is 0 Å². The van der Waals surface area contributed by atoms with Gasteiger partial charge in [-0.1, -0.05) is 12.8 Å². The van der Waals surface area contributed by atoms with Crippen molar-refractivity contribution in [2.45, 2.75) is 65.2 Å². The fraction of sp³-hybridized carbons (Fsp3) is 0.467. The molecule has 2 unspecified atom stereocenters. The Bertz CT molecular complexity index is 1290. The van der Waals surface area contributed by atoms with Crippen molar-refractivity contribution >= 4 is 11.6 Å². The van der Waals surface area contributed by atoms with E-state index in [-0.39, 0.29) is 58.5 Å². The molecule has 10 heteroatoms. The van der Waals surface area contributed by atoms with Gasteiger partial charge in [-0.05, 0) is 52.4 Å². The molecule has 0 bridgehead atoms. The second kappa shape index (κ2) is 15.3. The molecule has 0 saturated heterocycles. The number of Topliss-reactive ketones (excluding diaryl/α,β-unsaturated/α-hetero) is 2. The minimum atomic E-state index is -0.389. The van der Waals surface area contributed by atoms with Crippen LogP contribution in [0.3, 0.4) is 0 Å². The van der Waals surface area contributed by atoms with E-state index in [9.17, 15) is 41.2 Å². The Morgan fingerprint density at radius 2 is 0.975 bits per heavy atom. The van der Waals surface area contributed by atoms with E-state index in [1.807, 2.05) is 24.3 Å². The van der Waals surface area contributed by atoms with Gasteiger partial charge in [0, 0.05) is 47.5 Å². The maximum Gasteiger partial charge on any atom is 0.134 e. The van der Waals surface area contributed by atoms with Crippen molar-refractivity contribution < 1.29 is 9.59 Å². The van der Waals surface area contributed by atoms with Gasteiger partial charge in [-0.3, -0.25) is 9.59 Å². The quantitative estimate of drug-likeness (QED) is 0.288. The molecule has 40 heavy (non-hydrogen) atoms. The zero-order valence-electron chi connectivity index (χ0n) is 22.7. The Balaban J connectivity index is 1.96. The lowest BCUT2D eigenvalue weighted by Gasteiger charge is -2.26. The predicted octanol–water partition coefficient (Wildman–Crippen LogP) is 3.97. The minimum Gasteiger partial charge on any atom is -0.387 e.